The van der Waals surface area contributed by atoms with Gasteiger partial charge in [-0.25, -0.2) is 5.43 Å². The van der Waals surface area contributed by atoms with Crippen LogP contribution in [0, 0.1) is 13.8 Å². The van der Waals surface area contributed by atoms with Crippen LogP contribution in [-0.2, 0) is 16.2 Å². The molecule has 8 heteroatoms. The molecule has 2 amide bonds. The Bertz CT molecular complexity index is 1210. The zero-order chi connectivity index (χ0) is 24.5. The molecule has 0 saturated carbocycles. The lowest BCUT2D eigenvalue weighted by Gasteiger charge is -2.11. The van der Waals surface area contributed by atoms with Crippen LogP contribution in [0.25, 0.3) is 0 Å². The second-order valence-electron chi connectivity index (χ2n) is 7.65. The molecule has 0 aromatic heterocycles. The van der Waals surface area contributed by atoms with E-state index >= 15 is 0 Å². The molecule has 176 valence electrons. The van der Waals surface area contributed by atoms with Crippen LogP contribution >= 0.6 is 27.5 Å². The van der Waals surface area contributed by atoms with Gasteiger partial charge in [0.05, 0.1) is 6.21 Å². The number of rotatable bonds is 9. The molecule has 3 aromatic carbocycles. The normalized spacial score (nSPS) is 10.8. The molecule has 2 N–H and O–H groups in total. The molecule has 0 aliphatic carbocycles. The van der Waals surface area contributed by atoms with E-state index < -0.39 is 0 Å². The highest BCUT2D eigenvalue weighted by atomic mass is 79.9. The van der Waals surface area contributed by atoms with Gasteiger partial charge in [-0.2, -0.15) is 5.10 Å². The third-order valence-corrected chi connectivity index (χ3v) is 6.03. The number of nitrogens with one attached hydrogen (secondary N) is 2. The van der Waals surface area contributed by atoms with Crippen LogP contribution in [-0.4, -0.2) is 18.0 Å². The van der Waals surface area contributed by atoms with E-state index in [2.05, 4.69) is 31.8 Å². The molecule has 0 saturated heterocycles. The van der Waals surface area contributed by atoms with Gasteiger partial charge in [0, 0.05) is 39.2 Å². The van der Waals surface area contributed by atoms with E-state index in [0.29, 0.717) is 22.9 Å². The number of carbonyl (C=O) groups is 2. The minimum Gasteiger partial charge on any atom is -0.488 e. The Morgan fingerprint density at radius 1 is 1.03 bits per heavy atom. The summed E-state index contributed by atoms with van der Waals surface area (Å²) in [6.07, 6.45) is 1.57. The monoisotopic (exact) mass is 541 g/mol. The van der Waals surface area contributed by atoms with Crippen LogP contribution in [0.2, 0.25) is 5.02 Å². The lowest BCUT2D eigenvalue weighted by Crippen LogP contribution is -2.21. The Hall–Kier alpha value is -3.16. The third-order valence-electron chi connectivity index (χ3n) is 5.16. The molecular weight excluding hydrogens is 518 g/mol. The van der Waals surface area contributed by atoms with Crippen LogP contribution in [0.1, 0.15) is 35.1 Å². The maximum absolute atomic E-state index is 12.2. The molecule has 34 heavy (non-hydrogen) atoms. The second kappa shape index (κ2) is 12.3. The number of aryl methyl sites for hydroxylation is 1. The number of hydrogen-bond acceptors (Lipinski definition) is 4. The van der Waals surface area contributed by atoms with E-state index in [9.17, 15) is 9.59 Å². The Morgan fingerprint density at radius 2 is 1.79 bits per heavy atom. The standard InChI is InChI=1S/C26H25BrClN3O3/c1-17-6-5-9-23(18(17)2)30-25(32)12-13-26(33)31-29-15-20-14-21(27)10-11-24(20)34-16-19-7-3-4-8-22(19)28/h3-11,14-15H,12-13,16H2,1-2H3,(H,30,32)(H,31,33). The lowest BCUT2D eigenvalue weighted by atomic mass is 10.1. The van der Waals surface area contributed by atoms with E-state index in [4.69, 9.17) is 16.3 Å². The first kappa shape index (κ1) is 25.5. The summed E-state index contributed by atoms with van der Waals surface area (Å²) in [5.74, 6) is 0.00463. The van der Waals surface area contributed by atoms with Crippen molar-refractivity contribution in [3.8, 4) is 5.75 Å². The maximum Gasteiger partial charge on any atom is 0.240 e. The summed E-state index contributed by atoms with van der Waals surface area (Å²) in [5, 5.41) is 7.49. The van der Waals surface area contributed by atoms with Gasteiger partial charge in [-0.3, -0.25) is 9.59 Å². The number of anilines is 1. The molecule has 0 spiro atoms. The fourth-order valence-electron chi connectivity index (χ4n) is 3.08. The van der Waals surface area contributed by atoms with Gasteiger partial charge < -0.3 is 10.1 Å². The van der Waals surface area contributed by atoms with Gasteiger partial charge >= 0.3 is 0 Å². The van der Waals surface area contributed by atoms with Crippen molar-refractivity contribution in [3.63, 3.8) is 0 Å². The predicted molar refractivity (Wildman–Crippen MR) is 139 cm³/mol. The van der Waals surface area contributed by atoms with Crippen molar-refractivity contribution in [1.29, 1.82) is 0 Å². The molecule has 0 fully saturated rings. The van der Waals surface area contributed by atoms with Crippen LogP contribution in [0.3, 0.4) is 0 Å². The first-order chi connectivity index (χ1) is 16.3. The summed E-state index contributed by atoms with van der Waals surface area (Å²) in [7, 11) is 0. The van der Waals surface area contributed by atoms with Crippen molar-refractivity contribution in [2.24, 2.45) is 5.10 Å². The Balaban J connectivity index is 1.52. The lowest BCUT2D eigenvalue weighted by molar-refractivity contribution is -0.124. The molecule has 6 nitrogen and oxygen atoms in total. The summed E-state index contributed by atoms with van der Waals surface area (Å²) in [6.45, 7) is 4.22. The maximum atomic E-state index is 12.2. The van der Waals surface area contributed by atoms with E-state index in [0.717, 1.165) is 26.9 Å². The molecule has 3 aromatic rings. The minimum atomic E-state index is -0.360. The fourth-order valence-corrected chi connectivity index (χ4v) is 3.65. The molecule has 0 unspecified atom stereocenters. The first-order valence-corrected chi connectivity index (χ1v) is 11.8. The molecule has 3 rings (SSSR count). The largest absolute Gasteiger partial charge is 0.488 e. The SMILES string of the molecule is Cc1cccc(NC(=O)CCC(=O)NN=Cc2cc(Br)ccc2OCc2ccccc2Cl)c1C. The van der Waals surface area contributed by atoms with Crippen molar-refractivity contribution < 1.29 is 14.3 Å². The average molecular weight is 543 g/mol. The van der Waals surface area contributed by atoms with Crippen molar-refractivity contribution in [1.82, 2.24) is 5.43 Å². The Morgan fingerprint density at radius 3 is 2.59 bits per heavy atom. The molecule has 0 atom stereocenters. The summed E-state index contributed by atoms with van der Waals surface area (Å²) in [6, 6.07) is 18.7. The van der Waals surface area contributed by atoms with Crippen molar-refractivity contribution >= 4 is 51.2 Å². The second-order valence-corrected chi connectivity index (χ2v) is 8.97. The molecule has 0 aliphatic heterocycles. The van der Waals surface area contributed by atoms with Gasteiger partial charge in [0.2, 0.25) is 11.8 Å². The Kier molecular flexibility index (Phi) is 9.24. The molecular formula is C26H25BrClN3O3. The van der Waals surface area contributed by atoms with Gasteiger partial charge in [-0.1, -0.05) is 57.9 Å². The number of hydrazone groups is 1. The van der Waals surface area contributed by atoms with E-state index in [1.54, 1.807) is 0 Å². The number of halogens is 2. The number of nitrogens with zero attached hydrogens (tertiary/aromatic N) is 1. The fraction of sp³-hybridized carbons (Fsp3) is 0.192. The summed E-state index contributed by atoms with van der Waals surface area (Å²) >= 11 is 9.63. The number of ether oxygens (including phenoxy) is 1. The number of benzene rings is 3. The highest BCUT2D eigenvalue weighted by Gasteiger charge is 2.09. The Labute approximate surface area is 212 Å². The molecule has 0 radical (unpaired) electrons. The molecule has 0 bridgehead atoms. The van der Waals surface area contributed by atoms with Crippen molar-refractivity contribution in [3.05, 3.63) is 92.4 Å². The smallest absolute Gasteiger partial charge is 0.240 e. The molecule has 0 heterocycles. The number of amides is 2. The van der Waals surface area contributed by atoms with E-state index in [1.165, 1.54) is 6.21 Å². The van der Waals surface area contributed by atoms with Crippen LogP contribution in [0.15, 0.2) is 70.2 Å². The molecule has 0 aliphatic rings. The van der Waals surface area contributed by atoms with E-state index in [-0.39, 0.29) is 24.7 Å². The average Bonchev–Trinajstić information content (AvgIpc) is 2.81. The van der Waals surface area contributed by atoms with Gasteiger partial charge in [0.15, 0.2) is 0 Å². The topological polar surface area (TPSA) is 79.8 Å². The van der Waals surface area contributed by atoms with Crippen molar-refractivity contribution in [2.75, 3.05) is 5.32 Å². The highest BCUT2D eigenvalue weighted by molar-refractivity contribution is 9.10. The summed E-state index contributed by atoms with van der Waals surface area (Å²) in [5.41, 5.74) is 6.85. The van der Waals surface area contributed by atoms with Crippen LogP contribution in [0.5, 0.6) is 5.75 Å². The van der Waals surface area contributed by atoms with Gasteiger partial charge in [0.25, 0.3) is 0 Å². The highest BCUT2D eigenvalue weighted by Crippen LogP contribution is 2.24. The van der Waals surface area contributed by atoms with E-state index in [1.807, 2.05) is 74.5 Å². The van der Waals surface area contributed by atoms with Crippen LogP contribution in [0.4, 0.5) is 5.69 Å². The van der Waals surface area contributed by atoms with Gasteiger partial charge in [0.1, 0.15) is 12.4 Å². The third kappa shape index (κ3) is 7.43. The minimum absolute atomic E-state index is 0.0163. The van der Waals surface area contributed by atoms with Crippen molar-refractivity contribution in [2.45, 2.75) is 33.3 Å². The van der Waals surface area contributed by atoms with Crippen LogP contribution < -0.4 is 15.5 Å². The number of carbonyl (C=O) groups excluding carboxylic acids is 2. The summed E-state index contributed by atoms with van der Waals surface area (Å²) in [4.78, 5) is 24.4. The predicted octanol–water partition coefficient (Wildman–Crippen LogP) is 6.17. The quantitative estimate of drug-likeness (QED) is 0.251. The number of hydrogen-bond donors (Lipinski definition) is 2. The van der Waals surface area contributed by atoms with Gasteiger partial charge in [-0.15, -0.1) is 0 Å². The summed E-state index contributed by atoms with van der Waals surface area (Å²) < 4.78 is 6.75. The first-order valence-electron chi connectivity index (χ1n) is 10.7. The van der Waals surface area contributed by atoms with Gasteiger partial charge in [-0.05, 0) is 55.3 Å². The zero-order valence-electron chi connectivity index (χ0n) is 18.9. The zero-order valence-corrected chi connectivity index (χ0v) is 21.2.